The van der Waals surface area contributed by atoms with Crippen LogP contribution in [-0.2, 0) is 12.8 Å². The van der Waals surface area contributed by atoms with Gasteiger partial charge in [-0.25, -0.2) is 9.78 Å². The van der Waals surface area contributed by atoms with E-state index in [2.05, 4.69) is 34.9 Å². The molecule has 0 atom stereocenters. The monoisotopic (exact) mass is 360 g/mol. The van der Waals surface area contributed by atoms with Gasteiger partial charge in [-0.2, -0.15) is 4.98 Å². The van der Waals surface area contributed by atoms with Crippen LogP contribution in [0.5, 0.6) is 0 Å². The number of carbonyl (C=O) groups excluding carboxylic acids is 1. The first-order chi connectivity index (χ1) is 12.6. The van der Waals surface area contributed by atoms with Gasteiger partial charge in [-0.15, -0.1) is 0 Å². The van der Waals surface area contributed by atoms with E-state index in [9.17, 15) is 4.79 Å². The molecule has 0 saturated heterocycles. The molecule has 0 aromatic carbocycles. The Bertz CT molecular complexity index is 625. The summed E-state index contributed by atoms with van der Waals surface area (Å²) in [5, 5.41) is 9.40. The summed E-state index contributed by atoms with van der Waals surface area (Å²) in [5.41, 5.74) is 2.53. The fourth-order valence-corrected chi connectivity index (χ4v) is 3.97. The molecular formula is C19H32N6O. The van der Waals surface area contributed by atoms with Crippen LogP contribution in [0.3, 0.4) is 0 Å². The summed E-state index contributed by atoms with van der Waals surface area (Å²) in [5.74, 6) is 1.82. The van der Waals surface area contributed by atoms with Gasteiger partial charge in [0.25, 0.3) is 0 Å². The zero-order valence-electron chi connectivity index (χ0n) is 16.3. The molecule has 1 saturated carbocycles. The molecule has 1 aromatic rings. The highest BCUT2D eigenvalue weighted by Gasteiger charge is 2.24. The lowest BCUT2D eigenvalue weighted by molar-refractivity contribution is 0.232. The third-order valence-electron chi connectivity index (χ3n) is 5.32. The van der Waals surface area contributed by atoms with Crippen LogP contribution in [0.4, 0.5) is 16.6 Å². The molecule has 0 bridgehead atoms. The maximum Gasteiger partial charge on any atom is 0.314 e. The quantitative estimate of drug-likeness (QED) is 0.751. The second-order valence-electron chi connectivity index (χ2n) is 7.59. The van der Waals surface area contributed by atoms with E-state index in [0.29, 0.717) is 12.6 Å². The molecule has 2 aliphatic carbocycles. The number of hydrogen-bond acceptors (Lipinski definition) is 5. The first-order valence-electron chi connectivity index (χ1n) is 9.94. The molecule has 1 heterocycles. The van der Waals surface area contributed by atoms with Crippen molar-refractivity contribution in [1.82, 2.24) is 20.6 Å². The Morgan fingerprint density at radius 3 is 2.46 bits per heavy atom. The summed E-state index contributed by atoms with van der Waals surface area (Å²) in [7, 11) is 4.11. The van der Waals surface area contributed by atoms with Crippen molar-refractivity contribution in [2.75, 3.05) is 30.9 Å². The average Bonchev–Trinajstić information content (AvgIpc) is 2.63. The van der Waals surface area contributed by atoms with Crippen LogP contribution in [0.1, 0.15) is 56.7 Å². The predicted octanol–water partition coefficient (Wildman–Crippen LogP) is 2.46. The summed E-state index contributed by atoms with van der Waals surface area (Å²) in [6.07, 6.45) is 8.60. The third kappa shape index (κ3) is 4.56. The van der Waals surface area contributed by atoms with Crippen LogP contribution in [0, 0.1) is 0 Å². The zero-order valence-corrected chi connectivity index (χ0v) is 16.3. The average molecular weight is 361 g/mol. The molecule has 7 heteroatoms. The molecule has 26 heavy (non-hydrogen) atoms. The summed E-state index contributed by atoms with van der Waals surface area (Å²) in [6.45, 7) is 2.59. The fraction of sp³-hybridized carbons (Fsp3) is 0.737. The van der Waals surface area contributed by atoms with Gasteiger partial charge in [0.05, 0.1) is 5.69 Å². The highest BCUT2D eigenvalue weighted by molar-refractivity contribution is 5.74. The predicted molar refractivity (Wildman–Crippen MR) is 105 cm³/mol. The number of amides is 2. The first-order valence-corrected chi connectivity index (χ1v) is 9.94. The van der Waals surface area contributed by atoms with Crippen LogP contribution >= 0.6 is 0 Å². The molecule has 2 amide bonds. The number of nitrogens with zero attached hydrogens (tertiary/aromatic N) is 3. The molecule has 7 nitrogen and oxygen atoms in total. The second kappa shape index (κ2) is 8.56. The maximum absolute atomic E-state index is 11.7. The van der Waals surface area contributed by atoms with Gasteiger partial charge >= 0.3 is 6.03 Å². The van der Waals surface area contributed by atoms with Gasteiger partial charge in [-0.05, 0) is 58.3 Å². The molecule has 0 unspecified atom stereocenters. The van der Waals surface area contributed by atoms with Gasteiger partial charge < -0.3 is 20.9 Å². The van der Waals surface area contributed by atoms with E-state index >= 15 is 0 Å². The Morgan fingerprint density at radius 1 is 1.08 bits per heavy atom. The van der Waals surface area contributed by atoms with Gasteiger partial charge in [0.15, 0.2) is 0 Å². The minimum atomic E-state index is -0.0578. The number of fused-ring (bicyclic) bond motifs is 1. The summed E-state index contributed by atoms with van der Waals surface area (Å²) < 4.78 is 0. The van der Waals surface area contributed by atoms with Gasteiger partial charge in [-0.3, -0.25) is 0 Å². The Balaban J connectivity index is 1.60. The number of anilines is 2. The standard InChI is InChI=1S/C19H32N6O/c1-4-20-19(26)22-14-11-9-13(10-12-14)21-18-23-16-8-6-5-7-15(16)17(24-18)25(2)3/h13-14H,4-12H2,1-3H3,(H2,20,22,26)(H,21,23,24)/t13-,14+. The van der Waals surface area contributed by atoms with Crippen molar-refractivity contribution < 1.29 is 4.79 Å². The van der Waals surface area contributed by atoms with Crippen LogP contribution in [-0.4, -0.2) is 48.7 Å². The Labute approximate surface area is 156 Å². The van der Waals surface area contributed by atoms with E-state index in [1.54, 1.807) is 0 Å². The number of aryl methyl sites for hydroxylation is 1. The van der Waals surface area contributed by atoms with Gasteiger partial charge in [0.1, 0.15) is 5.82 Å². The summed E-state index contributed by atoms with van der Waals surface area (Å²) in [4.78, 5) is 23.4. The van der Waals surface area contributed by atoms with Crippen LogP contribution in [0.15, 0.2) is 0 Å². The van der Waals surface area contributed by atoms with Crippen molar-refractivity contribution in [1.29, 1.82) is 0 Å². The van der Waals surface area contributed by atoms with Crippen molar-refractivity contribution in [3.63, 3.8) is 0 Å². The largest absolute Gasteiger partial charge is 0.362 e. The number of aromatic nitrogens is 2. The molecule has 1 fully saturated rings. The van der Waals surface area contributed by atoms with E-state index in [0.717, 1.165) is 50.3 Å². The van der Waals surface area contributed by atoms with E-state index in [4.69, 9.17) is 9.97 Å². The van der Waals surface area contributed by atoms with Crippen molar-refractivity contribution in [3.8, 4) is 0 Å². The SMILES string of the molecule is CCNC(=O)N[C@H]1CC[C@@H](Nc2nc3c(c(N(C)C)n2)CCCC3)CC1. The van der Waals surface area contributed by atoms with Crippen molar-refractivity contribution in [2.24, 2.45) is 0 Å². The van der Waals surface area contributed by atoms with Crippen molar-refractivity contribution in [2.45, 2.75) is 70.4 Å². The van der Waals surface area contributed by atoms with E-state index in [-0.39, 0.29) is 12.1 Å². The molecule has 144 valence electrons. The van der Waals surface area contributed by atoms with E-state index in [1.165, 1.54) is 24.1 Å². The lowest BCUT2D eigenvalue weighted by Gasteiger charge is -2.30. The molecule has 0 spiro atoms. The molecule has 1 aromatic heterocycles. The summed E-state index contributed by atoms with van der Waals surface area (Å²) in [6, 6.07) is 0.581. The fourth-order valence-electron chi connectivity index (χ4n) is 3.97. The molecular weight excluding hydrogens is 328 g/mol. The first kappa shape index (κ1) is 18.7. The lowest BCUT2D eigenvalue weighted by atomic mass is 9.91. The van der Waals surface area contributed by atoms with Crippen molar-refractivity contribution >= 4 is 17.8 Å². The van der Waals surface area contributed by atoms with Crippen LogP contribution in [0.25, 0.3) is 0 Å². The zero-order chi connectivity index (χ0) is 18.5. The molecule has 0 radical (unpaired) electrons. The second-order valence-corrected chi connectivity index (χ2v) is 7.59. The summed E-state index contributed by atoms with van der Waals surface area (Å²) >= 11 is 0. The highest BCUT2D eigenvalue weighted by Crippen LogP contribution is 2.29. The van der Waals surface area contributed by atoms with Crippen LogP contribution in [0.2, 0.25) is 0 Å². The molecule has 2 aliphatic rings. The smallest absolute Gasteiger partial charge is 0.314 e. The molecule has 3 rings (SSSR count). The number of rotatable bonds is 5. The normalized spacial score (nSPS) is 22.3. The highest BCUT2D eigenvalue weighted by atomic mass is 16.2. The van der Waals surface area contributed by atoms with Crippen LogP contribution < -0.4 is 20.9 Å². The lowest BCUT2D eigenvalue weighted by Crippen LogP contribution is -2.44. The minimum Gasteiger partial charge on any atom is -0.362 e. The van der Waals surface area contributed by atoms with E-state index < -0.39 is 0 Å². The maximum atomic E-state index is 11.7. The Hall–Kier alpha value is -2.05. The number of nitrogens with one attached hydrogen (secondary N) is 3. The number of hydrogen-bond donors (Lipinski definition) is 3. The van der Waals surface area contributed by atoms with Gasteiger partial charge in [-0.1, -0.05) is 0 Å². The Kier molecular flexibility index (Phi) is 6.16. The number of carbonyl (C=O) groups is 1. The third-order valence-corrected chi connectivity index (χ3v) is 5.32. The van der Waals surface area contributed by atoms with Crippen molar-refractivity contribution in [3.05, 3.63) is 11.3 Å². The Morgan fingerprint density at radius 2 is 1.77 bits per heavy atom. The molecule has 0 aliphatic heterocycles. The van der Waals surface area contributed by atoms with E-state index in [1.807, 2.05) is 6.92 Å². The molecule has 3 N–H and O–H groups in total. The number of urea groups is 1. The van der Waals surface area contributed by atoms with Gasteiger partial charge in [0.2, 0.25) is 5.95 Å². The minimum absolute atomic E-state index is 0.0578. The topological polar surface area (TPSA) is 82.2 Å². The van der Waals surface area contributed by atoms with Gasteiger partial charge in [0, 0.05) is 38.3 Å².